The second kappa shape index (κ2) is 6.83. The van der Waals surface area contributed by atoms with Crippen LogP contribution in [-0.2, 0) is 6.54 Å². The number of halogens is 1. The predicted octanol–water partition coefficient (Wildman–Crippen LogP) is -0.778. The summed E-state index contributed by atoms with van der Waals surface area (Å²) in [6, 6.07) is 3.87. The lowest BCUT2D eigenvalue weighted by molar-refractivity contribution is -0.698. The van der Waals surface area contributed by atoms with Gasteiger partial charge < -0.3 is 29.2 Å². The van der Waals surface area contributed by atoms with E-state index in [4.69, 9.17) is 5.21 Å². The maximum atomic E-state index is 8.36. The number of pyridine rings is 1. The zero-order chi connectivity index (χ0) is 11.3. The van der Waals surface area contributed by atoms with Gasteiger partial charge in [-0.3, -0.25) is 0 Å². The molecule has 16 heavy (non-hydrogen) atoms. The molecule has 0 aliphatic carbocycles. The molecule has 0 atom stereocenters. The molecule has 0 aromatic carbocycles. The summed E-state index contributed by atoms with van der Waals surface area (Å²) in [6.07, 6.45) is 6.57. The second-order valence-corrected chi connectivity index (χ2v) is 4.92. The molecule has 0 aliphatic heterocycles. The number of hydrogen-bond donors (Lipinski definition) is 1. The fraction of sp³-hybridized carbons (Fsp3) is 0.500. The summed E-state index contributed by atoms with van der Waals surface area (Å²) < 4.78 is 2.14. The van der Waals surface area contributed by atoms with E-state index < -0.39 is 0 Å². The van der Waals surface area contributed by atoms with Gasteiger partial charge in [0.25, 0.3) is 0 Å². The molecule has 1 rings (SSSR count). The zero-order valence-electron chi connectivity index (χ0n) is 10.0. The van der Waals surface area contributed by atoms with Crippen LogP contribution in [0.4, 0.5) is 0 Å². The highest BCUT2D eigenvalue weighted by Gasteiger charge is 2.12. The molecule has 0 spiro atoms. The van der Waals surface area contributed by atoms with Crippen LogP contribution in [0.1, 0.15) is 32.8 Å². The molecular weight excluding hydrogens is 315 g/mol. The van der Waals surface area contributed by atoms with E-state index in [2.05, 4.69) is 30.5 Å². The summed E-state index contributed by atoms with van der Waals surface area (Å²) in [4.78, 5) is 0. The van der Waals surface area contributed by atoms with E-state index >= 15 is 0 Å². The molecule has 0 aliphatic rings. The molecule has 0 bridgehead atoms. The summed E-state index contributed by atoms with van der Waals surface area (Å²) in [6.45, 7) is 7.72. The molecule has 0 unspecified atom stereocenters. The third-order valence-corrected chi connectivity index (χ3v) is 2.24. The number of oxime groups is 1. The van der Waals surface area contributed by atoms with Gasteiger partial charge in [0.1, 0.15) is 6.54 Å². The molecule has 1 aromatic heterocycles. The van der Waals surface area contributed by atoms with Gasteiger partial charge in [-0.2, -0.15) is 0 Å². The van der Waals surface area contributed by atoms with Crippen LogP contribution in [0, 0.1) is 5.41 Å². The molecule has 0 saturated heterocycles. The third kappa shape index (κ3) is 6.05. The third-order valence-electron chi connectivity index (χ3n) is 2.24. The lowest BCUT2D eigenvalue weighted by Gasteiger charge is -2.15. The minimum atomic E-state index is 0. The van der Waals surface area contributed by atoms with Crippen molar-refractivity contribution in [3.8, 4) is 0 Å². The van der Waals surface area contributed by atoms with Crippen molar-refractivity contribution < 1.29 is 33.8 Å². The number of nitrogens with zero attached hydrogens (tertiary/aromatic N) is 2. The average molecular weight is 334 g/mol. The predicted molar refractivity (Wildman–Crippen MR) is 60.1 cm³/mol. The SMILES string of the molecule is CC(C)(C)CC[n+]1ccc(C=NO)cc1.[I-]. The normalized spacial score (nSPS) is 11.4. The smallest absolute Gasteiger partial charge is 0.169 e. The molecule has 0 radical (unpaired) electrons. The second-order valence-electron chi connectivity index (χ2n) is 4.92. The van der Waals surface area contributed by atoms with E-state index in [1.54, 1.807) is 0 Å². The molecule has 1 aromatic rings. The summed E-state index contributed by atoms with van der Waals surface area (Å²) in [5, 5.41) is 11.3. The zero-order valence-corrected chi connectivity index (χ0v) is 12.2. The van der Waals surface area contributed by atoms with Crippen LogP contribution < -0.4 is 28.5 Å². The van der Waals surface area contributed by atoms with E-state index in [0.29, 0.717) is 5.41 Å². The average Bonchev–Trinajstić information content (AvgIpc) is 2.16. The van der Waals surface area contributed by atoms with Gasteiger partial charge in [0.05, 0.1) is 6.21 Å². The van der Waals surface area contributed by atoms with Crippen molar-refractivity contribution in [1.82, 2.24) is 0 Å². The molecule has 1 heterocycles. The van der Waals surface area contributed by atoms with Gasteiger partial charge in [0.15, 0.2) is 12.4 Å². The van der Waals surface area contributed by atoms with Gasteiger partial charge >= 0.3 is 0 Å². The number of rotatable bonds is 3. The van der Waals surface area contributed by atoms with Gasteiger partial charge in [-0.1, -0.05) is 25.9 Å². The van der Waals surface area contributed by atoms with E-state index in [9.17, 15) is 0 Å². The first-order chi connectivity index (χ1) is 7.01. The van der Waals surface area contributed by atoms with E-state index in [0.717, 1.165) is 18.5 Å². The van der Waals surface area contributed by atoms with Crippen LogP contribution in [0.5, 0.6) is 0 Å². The Morgan fingerprint density at radius 1 is 1.31 bits per heavy atom. The largest absolute Gasteiger partial charge is 1.00 e. The summed E-state index contributed by atoms with van der Waals surface area (Å²) >= 11 is 0. The lowest BCUT2D eigenvalue weighted by atomic mass is 9.92. The first-order valence-electron chi connectivity index (χ1n) is 5.18. The van der Waals surface area contributed by atoms with Crippen molar-refractivity contribution in [2.24, 2.45) is 10.6 Å². The fourth-order valence-corrected chi connectivity index (χ4v) is 1.24. The number of aryl methyl sites for hydroxylation is 1. The molecule has 90 valence electrons. The first kappa shape index (κ1) is 15.3. The summed E-state index contributed by atoms with van der Waals surface area (Å²) in [5.41, 5.74) is 1.27. The Morgan fingerprint density at radius 2 is 1.88 bits per heavy atom. The van der Waals surface area contributed by atoms with Crippen molar-refractivity contribution >= 4 is 6.21 Å². The Hall–Kier alpha value is -0.650. The molecule has 3 nitrogen and oxygen atoms in total. The van der Waals surface area contributed by atoms with Crippen LogP contribution >= 0.6 is 0 Å². The quantitative estimate of drug-likeness (QED) is 0.254. The van der Waals surface area contributed by atoms with E-state index in [1.807, 2.05) is 24.5 Å². The highest BCUT2D eigenvalue weighted by atomic mass is 127. The van der Waals surface area contributed by atoms with Crippen molar-refractivity contribution in [2.45, 2.75) is 33.7 Å². The van der Waals surface area contributed by atoms with Gasteiger partial charge in [0.2, 0.25) is 0 Å². The molecule has 0 fully saturated rings. The maximum Gasteiger partial charge on any atom is 0.169 e. The highest BCUT2D eigenvalue weighted by Crippen LogP contribution is 2.17. The standard InChI is InChI=1S/C12H18N2O.HI/c1-12(2,3)6-9-14-7-4-11(5-8-14)10-13-15;/h4-5,7-8,10H,6,9H2,1-3H3;1H. The highest BCUT2D eigenvalue weighted by molar-refractivity contribution is 5.78. The Labute approximate surface area is 114 Å². The molecule has 0 amide bonds. The fourth-order valence-electron chi connectivity index (χ4n) is 1.24. The van der Waals surface area contributed by atoms with E-state index in [1.165, 1.54) is 6.21 Å². The topological polar surface area (TPSA) is 36.5 Å². The minimum Gasteiger partial charge on any atom is -1.00 e. The Bertz CT molecular complexity index is 328. The number of aromatic nitrogens is 1. The summed E-state index contributed by atoms with van der Waals surface area (Å²) in [7, 11) is 0. The molecule has 4 heteroatoms. The van der Waals surface area contributed by atoms with Gasteiger partial charge in [-0.15, -0.1) is 0 Å². The monoisotopic (exact) mass is 334 g/mol. The minimum absolute atomic E-state index is 0. The van der Waals surface area contributed by atoms with Crippen LogP contribution in [0.3, 0.4) is 0 Å². The van der Waals surface area contributed by atoms with Gasteiger partial charge in [-0.25, -0.2) is 4.57 Å². The molecular formula is C12H19IN2O. The van der Waals surface area contributed by atoms with Crippen LogP contribution in [0.25, 0.3) is 0 Å². The van der Waals surface area contributed by atoms with Crippen molar-refractivity contribution in [3.05, 3.63) is 30.1 Å². The van der Waals surface area contributed by atoms with Crippen LogP contribution in [0.15, 0.2) is 29.7 Å². The van der Waals surface area contributed by atoms with Crippen molar-refractivity contribution in [1.29, 1.82) is 0 Å². The van der Waals surface area contributed by atoms with Crippen molar-refractivity contribution in [3.63, 3.8) is 0 Å². The Kier molecular flexibility index (Phi) is 6.55. The maximum absolute atomic E-state index is 8.36. The lowest BCUT2D eigenvalue weighted by Crippen LogP contribution is -3.00. The van der Waals surface area contributed by atoms with Crippen LogP contribution in [0.2, 0.25) is 0 Å². The summed E-state index contributed by atoms with van der Waals surface area (Å²) in [5.74, 6) is 0. The Balaban J connectivity index is 0.00000225. The molecule has 1 N–H and O–H groups in total. The Morgan fingerprint density at radius 3 is 2.31 bits per heavy atom. The van der Waals surface area contributed by atoms with Gasteiger partial charge in [0, 0.05) is 24.1 Å². The van der Waals surface area contributed by atoms with Gasteiger partial charge in [-0.05, 0) is 5.41 Å². The van der Waals surface area contributed by atoms with Crippen molar-refractivity contribution in [2.75, 3.05) is 0 Å². The number of hydrogen-bond acceptors (Lipinski definition) is 2. The van der Waals surface area contributed by atoms with E-state index in [-0.39, 0.29) is 24.0 Å². The van der Waals surface area contributed by atoms with Crippen LogP contribution in [-0.4, -0.2) is 11.4 Å². The molecule has 0 saturated carbocycles. The first-order valence-corrected chi connectivity index (χ1v) is 5.18.